The molecule has 4 rings (SSSR count). The summed E-state index contributed by atoms with van der Waals surface area (Å²) in [6, 6.07) is 15.1. The van der Waals surface area contributed by atoms with Gasteiger partial charge in [-0.3, -0.25) is 4.84 Å². The van der Waals surface area contributed by atoms with Gasteiger partial charge in [0.1, 0.15) is 11.9 Å². The van der Waals surface area contributed by atoms with Gasteiger partial charge in [0.05, 0.1) is 19.8 Å². The molecule has 2 atom stereocenters. The molecule has 0 spiro atoms. The number of hydrogen-bond acceptors (Lipinski definition) is 6. The van der Waals surface area contributed by atoms with E-state index in [1.54, 1.807) is 19.2 Å². The van der Waals surface area contributed by atoms with Crippen LogP contribution in [0.4, 0.5) is 0 Å². The Labute approximate surface area is 190 Å². The van der Waals surface area contributed by atoms with Crippen LogP contribution < -0.4 is 14.2 Å². The van der Waals surface area contributed by atoms with E-state index in [1.807, 2.05) is 48.5 Å². The van der Waals surface area contributed by atoms with Crippen molar-refractivity contribution in [2.75, 3.05) is 20.8 Å². The van der Waals surface area contributed by atoms with Crippen molar-refractivity contribution in [3.05, 3.63) is 59.7 Å². The van der Waals surface area contributed by atoms with Crippen LogP contribution in [0.25, 0.3) is 0 Å². The molecule has 0 unspecified atom stereocenters. The summed E-state index contributed by atoms with van der Waals surface area (Å²) in [6.07, 6.45) is 5.11. The molecular formula is C24H32N2O5S. The molecule has 7 nitrogen and oxygen atoms in total. The Morgan fingerprint density at radius 2 is 1.81 bits per heavy atom. The third-order valence-corrected chi connectivity index (χ3v) is 8.14. The van der Waals surface area contributed by atoms with E-state index in [4.69, 9.17) is 14.3 Å². The first-order valence-electron chi connectivity index (χ1n) is 11.2. The zero-order valence-electron chi connectivity index (χ0n) is 18.7. The Morgan fingerprint density at radius 1 is 1.06 bits per heavy atom. The fourth-order valence-electron chi connectivity index (χ4n) is 4.54. The van der Waals surface area contributed by atoms with Crippen LogP contribution in [0.5, 0.6) is 11.5 Å². The topological polar surface area (TPSA) is 77.1 Å². The summed E-state index contributed by atoms with van der Waals surface area (Å²) in [6.45, 7) is 0.545. The maximum Gasteiger partial charge on any atom is 0.219 e. The number of benzene rings is 2. The second kappa shape index (κ2) is 10.2. The van der Waals surface area contributed by atoms with Gasteiger partial charge >= 0.3 is 0 Å². The molecule has 1 aliphatic heterocycles. The highest BCUT2D eigenvalue weighted by molar-refractivity contribution is 7.90. The Kier molecular flexibility index (Phi) is 7.35. The van der Waals surface area contributed by atoms with E-state index in [0.29, 0.717) is 18.1 Å². The molecule has 1 saturated carbocycles. The molecule has 1 N–H and O–H groups in total. The van der Waals surface area contributed by atoms with Gasteiger partial charge in [-0.25, -0.2) is 13.1 Å². The Morgan fingerprint density at radius 3 is 2.53 bits per heavy atom. The maximum absolute atomic E-state index is 13.2. The van der Waals surface area contributed by atoms with E-state index in [-0.39, 0.29) is 12.6 Å². The Balaban J connectivity index is 1.52. The smallest absolute Gasteiger partial charge is 0.219 e. The normalized spacial score (nSPS) is 22.7. The fourth-order valence-corrected chi connectivity index (χ4v) is 6.33. The maximum atomic E-state index is 13.2. The molecule has 1 aliphatic carbocycles. The lowest BCUT2D eigenvalue weighted by atomic mass is 9.96. The predicted octanol–water partition coefficient (Wildman–Crippen LogP) is 3.81. The number of nitrogens with zero attached hydrogens (tertiary/aromatic N) is 1. The number of rotatable bonds is 8. The molecule has 32 heavy (non-hydrogen) atoms. The summed E-state index contributed by atoms with van der Waals surface area (Å²) in [7, 11) is -0.198. The van der Waals surface area contributed by atoms with E-state index in [0.717, 1.165) is 36.8 Å². The first kappa shape index (κ1) is 23.0. The first-order chi connectivity index (χ1) is 15.5. The second-order valence-corrected chi connectivity index (χ2v) is 10.4. The van der Waals surface area contributed by atoms with Gasteiger partial charge in [0.2, 0.25) is 10.0 Å². The van der Waals surface area contributed by atoms with E-state index in [9.17, 15) is 8.42 Å². The highest BCUT2D eigenvalue weighted by Crippen LogP contribution is 2.38. The number of nitrogens with one attached hydrogen (secondary N) is 1. The van der Waals surface area contributed by atoms with Crippen molar-refractivity contribution in [2.24, 2.45) is 0 Å². The average molecular weight is 461 g/mol. The number of ether oxygens (including phenoxy) is 2. The number of sulfonamides is 1. The van der Waals surface area contributed by atoms with Crippen molar-refractivity contribution in [2.45, 2.75) is 56.0 Å². The van der Waals surface area contributed by atoms with Crippen LogP contribution in [0, 0.1) is 0 Å². The summed E-state index contributed by atoms with van der Waals surface area (Å²) in [5, 5.41) is 0.930. The van der Waals surface area contributed by atoms with Gasteiger partial charge in [-0.05, 0) is 36.1 Å². The molecule has 2 aromatic rings. The van der Waals surface area contributed by atoms with Gasteiger partial charge in [0.25, 0.3) is 0 Å². The van der Waals surface area contributed by atoms with E-state index in [1.165, 1.54) is 6.42 Å². The summed E-state index contributed by atoms with van der Waals surface area (Å²) >= 11 is 0. The third kappa shape index (κ3) is 5.26. The summed E-state index contributed by atoms with van der Waals surface area (Å²) < 4.78 is 40.9. The molecular weight excluding hydrogens is 428 g/mol. The van der Waals surface area contributed by atoms with Crippen LogP contribution in [0.15, 0.2) is 48.5 Å². The highest BCUT2D eigenvalue weighted by atomic mass is 32.2. The van der Waals surface area contributed by atoms with Crippen molar-refractivity contribution >= 4 is 10.0 Å². The molecule has 0 aromatic heterocycles. The quantitative estimate of drug-likeness (QED) is 0.646. The molecule has 2 fully saturated rings. The minimum absolute atomic E-state index is 0.0172. The molecule has 1 saturated heterocycles. The van der Waals surface area contributed by atoms with Crippen molar-refractivity contribution in [3.63, 3.8) is 0 Å². The molecule has 174 valence electrons. The van der Waals surface area contributed by atoms with Gasteiger partial charge in [0, 0.05) is 13.1 Å². The zero-order valence-corrected chi connectivity index (χ0v) is 19.5. The van der Waals surface area contributed by atoms with Gasteiger partial charge in [-0.1, -0.05) is 55.7 Å². The summed E-state index contributed by atoms with van der Waals surface area (Å²) in [5.41, 5.74) is 1.87. The molecule has 0 radical (unpaired) electrons. The SMILES string of the molecule is COc1cc([C@H]2[C@H](S(=O)(=O)NC3CCCCC3)CON2C)ccc1OCc1ccccc1. The van der Waals surface area contributed by atoms with Crippen LogP contribution in [0.2, 0.25) is 0 Å². The minimum atomic E-state index is -3.55. The standard InChI is InChI=1S/C24H32N2O5S/c1-26-24(23(17-31-26)32(27,28)25-20-11-7-4-8-12-20)19-13-14-21(22(15-19)29-2)30-16-18-9-5-3-6-10-18/h3,5-6,9-10,13-15,20,23-25H,4,7-8,11-12,16-17H2,1-2H3/t23-,24+/m1/s1. The van der Waals surface area contributed by atoms with E-state index < -0.39 is 21.3 Å². The van der Waals surface area contributed by atoms with Crippen molar-refractivity contribution in [3.8, 4) is 11.5 Å². The molecule has 2 aromatic carbocycles. The molecule has 0 amide bonds. The number of hydroxylamine groups is 2. The van der Waals surface area contributed by atoms with Gasteiger partial charge in [0.15, 0.2) is 11.5 Å². The van der Waals surface area contributed by atoms with Crippen LogP contribution in [0.3, 0.4) is 0 Å². The molecule has 2 aliphatic rings. The third-order valence-electron chi connectivity index (χ3n) is 6.29. The lowest BCUT2D eigenvalue weighted by Gasteiger charge is -2.27. The van der Waals surface area contributed by atoms with Crippen molar-refractivity contribution < 1.29 is 22.7 Å². The number of methoxy groups -OCH3 is 1. The molecule has 8 heteroatoms. The van der Waals surface area contributed by atoms with E-state index in [2.05, 4.69) is 4.72 Å². The van der Waals surface area contributed by atoms with Gasteiger partial charge < -0.3 is 9.47 Å². The van der Waals surface area contributed by atoms with Crippen molar-refractivity contribution in [1.29, 1.82) is 0 Å². The lowest BCUT2D eigenvalue weighted by Crippen LogP contribution is -2.44. The highest BCUT2D eigenvalue weighted by Gasteiger charge is 2.44. The molecule has 1 heterocycles. The average Bonchev–Trinajstić information content (AvgIpc) is 3.21. The summed E-state index contributed by atoms with van der Waals surface area (Å²) in [5.74, 6) is 1.18. The van der Waals surface area contributed by atoms with Gasteiger partial charge in [-0.2, -0.15) is 5.06 Å². The van der Waals surface area contributed by atoms with Gasteiger partial charge in [-0.15, -0.1) is 0 Å². The lowest BCUT2D eigenvalue weighted by molar-refractivity contribution is -0.110. The van der Waals surface area contributed by atoms with Crippen LogP contribution in [0.1, 0.15) is 49.3 Å². The Hall–Kier alpha value is -2.13. The fraction of sp³-hybridized carbons (Fsp3) is 0.500. The number of hydrogen-bond donors (Lipinski definition) is 1. The van der Waals surface area contributed by atoms with E-state index >= 15 is 0 Å². The molecule has 0 bridgehead atoms. The van der Waals surface area contributed by atoms with Crippen LogP contribution in [-0.2, 0) is 21.5 Å². The van der Waals surface area contributed by atoms with Crippen molar-refractivity contribution in [1.82, 2.24) is 9.79 Å². The van der Waals surface area contributed by atoms with Crippen LogP contribution in [-0.4, -0.2) is 45.5 Å². The zero-order chi connectivity index (χ0) is 22.6. The monoisotopic (exact) mass is 460 g/mol. The largest absolute Gasteiger partial charge is 0.493 e. The summed E-state index contributed by atoms with van der Waals surface area (Å²) in [4.78, 5) is 5.66. The second-order valence-electron chi connectivity index (χ2n) is 8.51. The Bertz CT molecular complexity index is 993. The first-order valence-corrected chi connectivity index (χ1v) is 12.7. The predicted molar refractivity (Wildman–Crippen MR) is 123 cm³/mol. The van der Waals surface area contributed by atoms with Crippen LogP contribution >= 0.6 is 0 Å². The minimum Gasteiger partial charge on any atom is -0.493 e.